The van der Waals surface area contributed by atoms with Crippen molar-refractivity contribution >= 4 is 17.6 Å². The Bertz CT molecular complexity index is 796. The molecule has 1 spiro atoms. The zero-order valence-corrected chi connectivity index (χ0v) is 14.3. The van der Waals surface area contributed by atoms with Gasteiger partial charge in [-0.3, -0.25) is 4.79 Å². The number of nitrogens with zero attached hydrogens (tertiary/aromatic N) is 1. The summed E-state index contributed by atoms with van der Waals surface area (Å²) < 4.78 is 6.08. The second kappa shape index (κ2) is 5.30. The number of carboxylic acid groups (broad SMARTS) is 1. The maximum Gasteiger partial charge on any atom is 0.234 e. The first-order chi connectivity index (χ1) is 11.8. The van der Waals surface area contributed by atoms with Gasteiger partial charge in [0.15, 0.2) is 0 Å². The Morgan fingerprint density at radius 3 is 2.64 bits per heavy atom. The number of carboxylic acids is 1. The maximum atomic E-state index is 13.3. The van der Waals surface area contributed by atoms with E-state index in [2.05, 4.69) is 6.58 Å². The molecule has 0 radical (unpaired) electrons. The van der Waals surface area contributed by atoms with E-state index in [4.69, 9.17) is 4.74 Å². The van der Waals surface area contributed by atoms with Crippen molar-refractivity contribution in [2.24, 2.45) is 11.8 Å². The van der Waals surface area contributed by atoms with Gasteiger partial charge in [-0.25, -0.2) is 0 Å². The third-order valence-electron chi connectivity index (χ3n) is 5.55. The molecule has 130 valence electrons. The Labute approximate surface area is 146 Å². The Kier molecular flexibility index (Phi) is 3.41. The molecule has 2 saturated heterocycles. The molecule has 0 unspecified atom stereocenters. The van der Waals surface area contributed by atoms with Crippen LogP contribution in [0.3, 0.4) is 0 Å². The molecule has 1 aromatic rings. The van der Waals surface area contributed by atoms with E-state index in [1.165, 1.54) is 0 Å². The van der Waals surface area contributed by atoms with Crippen LogP contribution in [0.1, 0.15) is 18.9 Å². The molecule has 5 nitrogen and oxygen atoms in total. The van der Waals surface area contributed by atoms with Gasteiger partial charge in [0.2, 0.25) is 5.91 Å². The fourth-order valence-corrected chi connectivity index (χ4v) is 4.51. The highest BCUT2D eigenvalue weighted by Crippen LogP contribution is 2.56. The molecule has 0 N–H and O–H groups in total. The van der Waals surface area contributed by atoms with Crippen LogP contribution in [0.15, 0.2) is 48.6 Å². The number of ether oxygens (including phenoxy) is 1. The normalized spacial score (nSPS) is 35.3. The highest BCUT2D eigenvalue weighted by Gasteiger charge is 2.69. The van der Waals surface area contributed by atoms with Gasteiger partial charge in [0.25, 0.3) is 0 Å². The highest BCUT2D eigenvalue weighted by atomic mass is 16.5. The van der Waals surface area contributed by atoms with Crippen LogP contribution in [0.2, 0.25) is 0 Å². The molecule has 3 aliphatic heterocycles. The van der Waals surface area contributed by atoms with Crippen molar-refractivity contribution < 1.29 is 19.4 Å². The smallest absolute Gasteiger partial charge is 0.234 e. The Hall–Kier alpha value is -2.40. The van der Waals surface area contributed by atoms with Crippen molar-refractivity contribution in [3.63, 3.8) is 0 Å². The molecular weight excluding hydrogens is 318 g/mol. The topological polar surface area (TPSA) is 69.7 Å². The number of amides is 1. The molecule has 0 aromatic heterocycles. The minimum absolute atomic E-state index is 0.212. The van der Waals surface area contributed by atoms with Gasteiger partial charge < -0.3 is 19.5 Å². The number of aryl methyl sites for hydroxylation is 1. The summed E-state index contributed by atoms with van der Waals surface area (Å²) in [5, 5.41) is 11.7. The maximum absolute atomic E-state index is 13.3. The lowest BCUT2D eigenvalue weighted by molar-refractivity contribution is -0.313. The molecule has 3 aliphatic rings. The van der Waals surface area contributed by atoms with Crippen LogP contribution >= 0.6 is 0 Å². The van der Waals surface area contributed by atoms with Gasteiger partial charge in [-0.2, -0.15) is 0 Å². The Morgan fingerprint density at radius 2 is 2.04 bits per heavy atom. The predicted molar refractivity (Wildman–Crippen MR) is 90.6 cm³/mol. The number of fused-ring (bicyclic) bond motifs is 1. The summed E-state index contributed by atoms with van der Waals surface area (Å²) in [5.74, 6) is -3.13. The Morgan fingerprint density at radius 1 is 1.36 bits per heavy atom. The summed E-state index contributed by atoms with van der Waals surface area (Å²) >= 11 is 0. The monoisotopic (exact) mass is 338 g/mol. The molecular formula is C20H20NO4-. The number of hydrogen-bond acceptors (Lipinski definition) is 4. The number of carbonyl (C=O) groups is 2. The van der Waals surface area contributed by atoms with Crippen molar-refractivity contribution in [1.82, 2.24) is 0 Å². The number of carbonyl (C=O) groups excluding carboxylic acids is 2. The Balaban J connectivity index is 1.84. The van der Waals surface area contributed by atoms with E-state index in [0.29, 0.717) is 6.42 Å². The van der Waals surface area contributed by atoms with Crippen molar-refractivity contribution in [3.05, 3.63) is 54.1 Å². The van der Waals surface area contributed by atoms with Crippen molar-refractivity contribution in [2.75, 3.05) is 4.90 Å². The summed E-state index contributed by atoms with van der Waals surface area (Å²) in [6.45, 7) is 7.87. The van der Waals surface area contributed by atoms with Crippen LogP contribution in [0.5, 0.6) is 0 Å². The lowest BCUT2D eigenvalue weighted by Crippen LogP contribution is -2.46. The van der Waals surface area contributed by atoms with E-state index in [1.54, 1.807) is 11.0 Å². The molecule has 0 aliphatic carbocycles. The molecule has 2 fully saturated rings. The summed E-state index contributed by atoms with van der Waals surface area (Å²) in [4.78, 5) is 26.6. The minimum atomic E-state index is -1.23. The number of rotatable bonds is 4. The highest BCUT2D eigenvalue weighted by molar-refractivity contribution is 6.03. The summed E-state index contributed by atoms with van der Waals surface area (Å²) in [6, 6.07) is 7.35. The standard InChI is InChI=1S/C20H21NO4/c1-11(2)10-15-20-9-8-14(25-20)16(19(23)24)17(20)18(22)21(15)13-6-4-12(3)5-7-13/h4-9,14-17H,1,10H2,2-3H3,(H,23,24)/p-1/t14-,15-,16-,17+,20-/m0/s1. The number of hydrogen-bond donors (Lipinski definition) is 0. The SMILES string of the molecule is C=C(C)C[C@@H]1N(c2ccc(C)cc2)C(=O)[C@H]2[C@@H](C(=O)[O-])[C@@H]3C=C[C@]12O3. The molecule has 2 bridgehead atoms. The van der Waals surface area contributed by atoms with E-state index in [9.17, 15) is 14.7 Å². The zero-order valence-electron chi connectivity index (χ0n) is 14.3. The zero-order chi connectivity index (χ0) is 17.9. The van der Waals surface area contributed by atoms with Crippen molar-refractivity contribution in [1.29, 1.82) is 0 Å². The lowest BCUT2D eigenvalue weighted by Gasteiger charge is -2.33. The average molecular weight is 338 g/mol. The third-order valence-corrected chi connectivity index (χ3v) is 5.55. The van der Waals surface area contributed by atoms with Crippen LogP contribution < -0.4 is 10.0 Å². The van der Waals surface area contributed by atoms with Gasteiger partial charge in [0.1, 0.15) is 5.60 Å². The molecule has 25 heavy (non-hydrogen) atoms. The van der Waals surface area contributed by atoms with Crippen molar-refractivity contribution in [2.45, 2.75) is 38.0 Å². The van der Waals surface area contributed by atoms with E-state index in [0.717, 1.165) is 16.8 Å². The van der Waals surface area contributed by atoms with E-state index < -0.39 is 29.5 Å². The lowest BCUT2D eigenvalue weighted by atomic mass is 9.74. The number of aliphatic carboxylic acids is 1. The number of benzene rings is 1. The van der Waals surface area contributed by atoms with Crippen LogP contribution in [0.4, 0.5) is 5.69 Å². The molecule has 5 atom stereocenters. The molecule has 0 saturated carbocycles. The fourth-order valence-electron chi connectivity index (χ4n) is 4.51. The summed E-state index contributed by atoms with van der Waals surface area (Å²) in [6.07, 6.45) is 3.59. The van der Waals surface area contributed by atoms with Crippen LogP contribution in [0, 0.1) is 18.8 Å². The third kappa shape index (κ3) is 2.12. The van der Waals surface area contributed by atoms with Gasteiger partial charge in [-0.15, -0.1) is 6.58 Å². The average Bonchev–Trinajstić information content (AvgIpc) is 3.18. The largest absolute Gasteiger partial charge is 0.550 e. The van der Waals surface area contributed by atoms with E-state index in [-0.39, 0.29) is 11.9 Å². The minimum Gasteiger partial charge on any atom is -0.550 e. The molecule has 3 heterocycles. The second-order valence-corrected chi connectivity index (χ2v) is 7.34. The molecule has 1 amide bonds. The van der Waals surface area contributed by atoms with Gasteiger partial charge in [0.05, 0.1) is 18.1 Å². The summed E-state index contributed by atoms with van der Waals surface area (Å²) in [5.41, 5.74) is 1.84. The second-order valence-electron chi connectivity index (χ2n) is 7.34. The van der Waals surface area contributed by atoms with Gasteiger partial charge >= 0.3 is 0 Å². The predicted octanol–water partition coefficient (Wildman–Crippen LogP) is 1.37. The van der Waals surface area contributed by atoms with Gasteiger partial charge in [-0.05, 0) is 32.4 Å². The quantitative estimate of drug-likeness (QED) is 0.778. The molecule has 5 heteroatoms. The fraction of sp³-hybridized carbons (Fsp3) is 0.400. The first-order valence-corrected chi connectivity index (χ1v) is 8.47. The van der Waals surface area contributed by atoms with E-state index in [1.807, 2.05) is 44.2 Å². The van der Waals surface area contributed by atoms with Gasteiger partial charge in [0, 0.05) is 17.6 Å². The first-order valence-electron chi connectivity index (χ1n) is 8.47. The number of anilines is 1. The first kappa shape index (κ1) is 16.1. The van der Waals surface area contributed by atoms with Crippen LogP contribution in [0.25, 0.3) is 0 Å². The van der Waals surface area contributed by atoms with Crippen LogP contribution in [-0.4, -0.2) is 29.6 Å². The van der Waals surface area contributed by atoms with Crippen LogP contribution in [-0.2, 0) is 14.3 Å². The van der Waals surface area contributed by atoms with Crippen molar-refractivity contribution in [3.8, 4) is 0 Å². The summed E-state index contributed by atoms with van der Waals surface area (Å²) in [7, 11) is 0. The molecule has 1 aromatic carbocycles. The van der Waals surface area contributed by atoms with Gasteiger partial charge in [-0.1, -0.05) is 35.4 Å². The van der Waals surface area contributed by atoms with E-state index >= 15 is 0 Å². The molecule has 4 rings (SSSR count).